The van der Waals surface area contributed by atoms with Crippen molar-refractivity contribution < 1.29 is 4.79 Å². The fraction of sp³-hybridized carbons (Fsp3) is 0.409. The minimum Gasteiger partial charge on any atom is -0.357 e. The van der Waals surface area contributed by atoms with Gasteiger partial charge in [-0.15, -0.1) is 0 Å². The van der Waals surface area contributed by atoms with Crippen molar-refractivity contribution in [2.45, 2.75) is 33.7 Å². The van der Waals surface area contributed by atoms with Crippen molar-refractivity contribution in [3.05, 3.63) is 64.4 Å². The number of carbonyl (C=O) groups is 1. The highest BCUT2D eigenvalue weighted by atomic mass is 35.5. The maximum Gasteiger partial charge on any atom is 0.253 e. The summed E-state index contributed by atoms with van der Waals surface area (Å²) in [5.41, 5.74) is 2.88. The van der Waals surface area contributed by atoms with Crippen molar-refractivity contribution in [3.8, 4) is 0 Å². The zero-order chi connectivity index (χ0) is 21.1. The standard InChI is InChI=1S/C22H30ClN5O/c1-4-24-22(25-14-13-18-9-12-20(23)26-15-18)27-16-17-7-10-19(11-8-17)21(29)28(5-2)6-3/h7-12,15H,4-6,13-14,16H2,1-3H3,(H2,24,25,27). The molecule has 7 heteroatoms. The Morgan fingerprint density at radius 2 is 1.72 bits per heavy atom. The van der Waals surface area contributed by atoms with Gasteiger partial charge in [-0.1, -0.05) is 29.8 Å². The molecule has 6 nitrogen and oxygen atoms in total. The van der Waals surface area contributed by atoms with Crippen LogP contribution >= 0.6 is 11.6 Å². The van der Waals surface area contributed by atoms with Crippen LogP contribution in [0.3, 0.4) is 0 Å². The minimum absolute atomic E-state index is 0.0664. The summed E-state index contributed by atoms with van der Waals surface area (Å²) in [6.07, 6.45) is 2.62. The highest BCUT2D eigenvalue weighted by molar-refractivity contribution is 6.29. The highest BCUT2D eigenvalue weighted by Gasteiger charge is 2.11. The molecule has 1 aromatic carbocycles. The van der Waals surface area contributed by atoms with E-state index in [1.54, 1.807) is 12.3 Å². The van der Waals surface area contributed by atoms with E-state index in [4.69, 9.17) is 11.6 Å². The first kappa shape index (κ1) is 22.7. The third-order valence-electron chi connectivity index (χ3n) is 4.51. The largest absolute Gasteiger partial charge is 0.357 e. The first-order valence-corrected chi connectivity index (χ1v) is 10.5. The number of aliphatic imine (C=N–C) groups is 1. The molecule has 0 aliphatic rings. The number of carbonyl (C=O) groups excluding carboxylic acids is 1. The smallest absolute Gasteiger partial charge is 0.253 e. The van der Waals surface area contributed by atoms with Gasteiger partial charge in [-0.3, -0.25) is 4.79 Å². The van der Waals surface area contributed by atoms with E-state index in [0.717, 1.165) is 36.6 Å². The van der Waals surface area contributed by atoms with Crippen LogP contribution in [0, 0.1) is 0 Å². The average molecular weight is 416 g/mol. The number of aromatic nitrogens is 1. The number of benzene rings is 1. The molecule has 1 amide bonds. The Morgan fingerprint density at radius 1 is 1.03 bits per heavy atom. The number of nitrogens with zero attached hydrogens (tertiary/aromatic N) is 3. The topological polar surface area (TPSA) is 69.6 Å². The van der Waals surface area contributed by atoms with Gasteiger partial charge in [-0.2, -0.15) is 0 Å². The van der Waals surface area contributed by atoms with Crippen LogP contribution in [0.5, 0.6) is 0 Å². The number of halogens is 1. The number of pyridine rings is 1. The predicted molar refractivity (Wildman–Crippen MR) is 119 cm³/mol. The number of rotatable bonds is 9. The van der Waals surface area contributed by atoms with Gasteiger partial charge in [0.2, 0.25) is 0 Å². The van der Waals surface area contributed by atoms with Crippen LogP contribution in [0.2, 0.25) is 5.15 Å². The molecule has 0 unspecified atom stereocenters. The lowest BCUT2D eigenvalue weighted by atomic mass is 10.1. The number of hydrogen-bond donors (Lipinski definition) is 2. The van der Waals surface area contributed by atoms with Gasteiger partial charge in [0.05, 0.1) is 6.54 Å². The van der Waals surface area contributed by atoms with E-state index in [1.165, 1.54) is 0 Å². The maximum atomic E-state index is 12.4. The molecule has 2 N–H and O–H groups in total. The van der Waals surface area contributed by atoms with Gasteiger partial charge >= 0.3 is 0 Å². The van der Waals surface area contributed by atoms with Crippen LogP contribution in [0.4, 0.5) is 0 Å². The molecule has 0 fully saturated rings. The molecule has 0 saturated heterocycles. The molecule has 1 aromatic heterocycles. The third kappa shape index (κ3) is 7.38. The Bertz CT molecular complexity index is 786. The van der Waals surface area contributed by atoms with Gasteiger partial charge in [-0.25, -0.2) is 9.98 Å². The van der Waals surface area contributed by atoms with Gasteiger partial charge in [0, 0.05) is 37.9 Å². The predicted octanol–water partition coefficient (Wildman–Crippen LogP) is 3.51. The molecular weight excluding hydrogens is 386 g/mol. The van der Waals surface area contributed by atoms with E-state index >= 15 is 0 Å². The molecule has 156 valence electrons. The Kier molecular flexibility index (Phi) is 9.44. The molecular formula is C22H30ClN5O. The van der Waals surface area contributed by atoms with Gasteiger partial charge < -0.3 is 15.5 Å². The molecule has 0 spiro atoms. The fourth-order valence-electron chi connectivity index (χ4n) is 2.84. The fourth-order valence-corrected chi connectivity index (χ4v) is 2.95. The quantitative estimate of drug-likeness (QED) is 0.373. The van der Waals surface area contributed by atoms with E-state index in [0.29, 0.717) is 30.4 Å². The minimum atomic E-state index is 0.0664. The maximum absolute atomic E-state index is 12.4. The normalized spacial score (nSPS) is 11.2. The number of hydrogen-bond acceptors (Lipinski definition) is 3. The molecule has 0 aliphatic carbocycles. The Hall–Kier alpha value is -2.60. The molecule has 0 aliphatic heterocycles. The summed E-state index contributed by atoms with van der Waals surface area (Å²) in [5, 5.41) is 7.08. The molecule has 0 bridgehead atoms. The van der Waals surface area contributed by atoms with Crippen molar-refractivity contribution >= 4 is 23.5 Å². The van der Waals surface area contributed by atoms with E-state index < -0.39 is 0 Å². The number of guanidine groups is 1. The summed E-state index contributed by atoms with van der Waals surface area (Å²) >= 11 is 5.82. The number of nitrogens with one attached hydrogen (secondary N) is 2. The SMILES string of the molecule is CCNC(=NCc1ccc(C(=O)N(CC)CC)cc1)NCCc1ccc(Cl)nc1. The molecule has 0 radical (unpaired) electrons. The summed E-state index contributed by atoms with van der Waals surface area (Å²) in [5.74, 6) is 0.828. The molecule has 0 atom stereocenters. The lowest BCUT2D eigenvalue weighted by Crippen LogP contribution is -2.38. The summed E-state index contributed by atoms with van der Waals surface area (Å²) in [6.45, 7) is 9.51. The lowest BCUT2D eigenvalue weighted by Gasteiger charge is -2.18. The molecule has 0 saturated carbocycles. The van der Waals surface area contributed by atoms with Gasteiger partial charge in [0.25, 0.3) is 5.91 Å². The summed E-state index contributed by atoms with van der Waals surface area (Å²) in [6, 6.07) is 11.4. The van der Waals surface area contributed by atoms with E-state index in [9.17, 15) is 4.79 Å². The van der Waals surface area contributed by atoms with Crippen LogP contribution in [0.15, 0.2) is 47.6 Å². The van der Waals surface area contributed by atoms with Crippen molar-refractivity contribution in [1.29, 1.82) is 0 Å². The van der Waals surface area contributed by atoms with Crippen molar-refractivity contribution in [2.24, 2.45) is 4.99 Å². The number of amides is 1. The van der Waals surface area contributed by atoms with Crippen molar-refractivity contribution in [3.63, 3.8) is 0 Å². The molecule has 2 aromatic rings. The summed E-state index contributed by atoms with van der Waals surface area (Å²) in [4.78, 5) is 22.9. The first-order chi connectivity index (χ1) is 14.1. The van der Waals surface area contributed by atoms with E-state index in [-0.39, 0.29) is 5.91 Å². The third-order valence-corrected chi connectivity index (χ3v) is 4.73. The second kappa shape index (κ2) is 12.1. The van der Waals surface area contributed by atoms with Crippen molar-refractivity contribution in [1.82, 2.24) is 20.5 Å². The zero-order valence-electron chi connectivity index (χ0n) is 17.4. The molecule has 2 rings (SSSR count). The van der Waals surface area contributed by atoms with Crippen LogP contribution in [-0.4, -0.2) is 47.9 Å². The monoisotopic (exact) mass is 415 g/mol. The molecule has 29 heavy (non-hydrogen) atoms. The van der Waals surface area contributed by atoms with Gasteiger partial charge in [-0.05, 0) is 56.5 Å². The molecule has 1 heterocycles. The van der Waals surface area contributed by atoms with Crippen LogP contribution in [0.25, 0.3) is 0 Å². The summed E-state index contributed by atoms with van der Waals surface area (Å²) in [7, 11) is 0. The van der Waals surface area contributed by atoms with Gasteiger partial charge in [0.1, 0.15) is 5.15 Å². The second-order valence-electron chi connectivity index (χ2n) is 6.54. The average Bonchev–Trinajstić information content (AvgIpc) is 2.74. The Labute approximate surface area is 178 Å². The summed E-state index contributed by atoms with van der Waals surface area (Å²) < 4.78 is 0. The first-order valence-electron chi connectivity index (χ1n) is 10.1. The van der Waals surface area contributed by atoms with Crippen LogP contribution in [-0.2, 0) is 13.0 Å². The van der Waals surface area contributed by atoms with Gasteiger partial charge in [0.15, 0.2) is 5.96 Å². The van der Waals surface area contributed by atoms with Crippen LogP contribution in [0.1, 0.15) is 42.3 Å². The van der Waals surface area contributed by atoms with Crippen LogP contribution < -0.4 is 10.6 Å². The highest BCUT2D eigenvalue weighted by Crippen LogP contribution is 2.09. The second-order valence-corrected chi connectivity index (χ2v) is 6.92. The zero-order valence-corrected chi connectivity index (χ0v) is 18.2. The van der Waals surface area contributed by atoms with E-state index in [1.807, 2.05) is 56.0 Å². The Morgan fingerprint density at radius 3 is 2.31 bits per heavy atom. The van der Waals surface area contributed by atoms with E-state index in [2.05, 4.69) is 20.6 Å². The van der Waals surface area contributed by atoms with Crippen molar-refractivity contribution in [2.75, 3.05) is 26.2 Å². The lowest BCUT2D eigenvalue weighted by molar-refractivity contribution is 0.0773. The Balaban J connectivity index is 1.91.